The summed E-state index contributed by atoms with van der Waals surface area (Å²) in [4.78, 5) is 2.53. The average molecular weight is 243 g/mol. The molecule has 0 amide bonds. The summed E-state index contributed by atoms with van der Waals surface area (Å²) in [5.41, 5.74) is 0. The number of nitrogens with one attached hydrogen (secondary N) is 2. The lowest BCUT2D eigenvalue weighted by molar-refractivity contribution is 0.267. The molecule has 94 valence electrons. The van der Waals surface area contributed by atoms with Gasteiger partial charge in [-0.3, -0.25) is 4.90 Å². The van der Waals surface area contributed by atoms with E-state index < -0.39 is 0 Å². The summed E-state index contributed by atoms with van der Waals surface area (Å²) in [6, 6.07) is 1.13. The number of rotatable bonds is 5. The Hall–Kier alpha value is -0.350. The van der Waals surface area contributed by atoms with Gasteiger partial charge in [0.25, 0.3) is 0 Å². The normalized spacial score (nSPS) is 23.1. The largest absolute Gasteiger partial charge is 0.361 e. The fourth-order valence-electron chi connectivity index (χ4n) is 2.13. The summed E-state index contributed by atoms with van der Waals surface area (Å²) in [6.45, 7) is 9.93. The number of hydrogen-bond acceptors (Lipinski definition) is 2. The lowest BCUT2D eigenvalue weighted by Crippen LogP contribution is -2.45. The molecule has 0 aliphatic carbocycles. The van der Waals surface area contributed by atoms with E-state index in [0.717, 1.165) is 24.6 Å². The summed E-state index contributed by atoms with van der Waals surface area (Å²) in [6.07, 6.45) is 3.73. The summed E-state index contributed by atoms with van der Waals surface area (Å²) >= 11 is 5.27. The van der Waals surface area contributed by atoms with Crippen LogP contribution in [0, 0.1) is 0 Å². The fourth-order valence-corrected chi connectivity index (χ4v) is 2.41. The molecule has 2 N–H and O–H groups in total. The van der Waals surface area contributed by atoms with Crippen LogP contribution < -0.4 is 10.6 Å². The molecule has 1 saturated heterocycles. The Balaban J connectivity index is 2.20. The van der Waals surface area contributed by atoms with Gasteiger partial charge in [-0.05, 0) is 51.5 Å². The lowest BCUT2D eigenvalue weighted by Gasteiger charge is -2.24. The fraction of sp³-hybridized carbons (Fsp3) is 0.917. The molecule has 0 aromatic carbocycles. The van der Waals surface area contributed by atoms with Gasteiger partial charge in [0.2, 0.25) is 0 Å². The highest BCUT2D eigenvalue weighted by Crippen LogP contribution is 2.15. The van der Waals surface area contributed by atoms with Crippen molar-refractivity contribution < 1.29 is 0 Å². The van der Waals surface area contributed by atoms with Crippen LogP contribution in [0.2, 0.25) is 0 Å². The van der Waals surface area contributed by atoms with Crippen LogP contribution in [0.4, 0.5) is 0 Å². The minimum Gasteiger partial charge on any atom is -0.361 e. The zero-order chi connectivity index (χ0) is 12.0. The van der Waals surface area contributed by atoms with E-state index in [1.54, 1.807) is 0 Å². The van der Waals surface area contributed by atoms with Crippen molar-refractivity contribution in [2.45, 2.75) is 52.1 Å². The zero-order valence-electron chi connectivity index (χ0n) is 10.8. The Morgan fingerprint density at radius 2 is 2.25 bits per heavy atom. The molecule has 0 bridgehead atoms. The quantitative estimate of drug-likeness (QED) is 0.719. The maximum absolute atomic E-state index is 5.27. The standard InChI is InChI=1S/C12H25N3S/c1-4-10(3)14-12(16)13-9-11-7-6-8-15(11)5-2/h10-11H,4-9H2,1-3H3,(H2,13,14,16)/t10-,11-/m1/s1. The maximum Gasteiger partial charge on any atom is 0.166 e. The van der Waals surface area contributed by atoms with Crippen molar-refractivity contribution in [1.29, 1.82) is 0 Å². The first-order valence-corrected chi connectivity index (χ1v) is 6.86. The van der Waals surface area contributed by atoms with Crippen LogP contribution >= 0.6 is 12.2 Å². The van der Waals surface area contributed by atoms with E-state index in [1.165, 1.54) is 19.4 Å². The Kier molecular flexibility index (Phi) is 6.06. The molecule has 0 radical (unpaired) electrons. The van der Waals surface area contributed by atoms with Gasteiger partial charge in [0.1, 0.15) is 0 Å². The van der Waals surface area contributed by atoms with Gasteiger partial charge in [-0.15, -0.1) is 0 Å². The highest BCUT2D eigenvalue weighted by atomic mass is 32.1. The molecular formula is C12H25N3S. The van der Waals surface area contributed by atoms with Gasteiger partial charge in [0.15, 0.2) is 5.11 Å². The second-order valence-electron chi connectivity index (χ2n) is 4.59. The smallest absolute Gasteiger partial charge is 0.166 e. The van der Waals surface area contributed by atoms with Gasteiger partial charge >= 0.3 is 0 Å². The summed E-state index contributed by atoms with van der Waals surface area (Å²) in [5.74, 6) is 0. The Morgan fingerprint density at radius 1 is 1.50 bits per heavy atom. The van der Waals surface area contributed by atoms with E-state index in [1.807, 2.05) is 0 Å². The van der Waals surface area contributed by atoms with Crippen LogP contribution in [0.3, 0.4) is 0 Å². The van der Waals surface area contributed by atoms with E-state index in [0.29, 0.717) is 12.1 Å². The molecule has 1 aliphatic rings. The Morgan fingerprint density at radius 3 is 2.88 bits per heavy atom. The molecule has 1 rings (SSSR count). The van der Waals surface area contributed by atoms with Crippen molar-refractivity contribution in [3.8, 4) is 0 Å². The highest BCUT2D eigenvalue weighted by molar-refractivity contribution is 7.80. The first-order chi connectivity index (χ1) is 7.67. The van der Waals surface area contributed by atoms with Crippen molar-refractivity contribution in [1.82, 2.24) is 15.5 Å². The Labute approximate surface area is 105 Å². The minimum atomic E-state index is 0.464. The van der Waals surface area contributed by atoms with Crippen LogP contribution in [-0.2, 0) is 0 Å². The molecule has 1 fully saturated rings. The molecule has 3 nitrogen and oxygen atoms in total. The summed E-state index contributed by atoms with van der Waals surface area (Å²) < 4.78 is 0. The molecule has 16 heavy (non-hydrogen) atoms. The molecule has 0 aromatic heterocycles. The molecule has 1 heterocycles. The van der Waals surface area contributed by atoms with Crippen molar-refractivity contribution in [2.75, 3.05) is 19.6 Å². The third kappa shape index (κ3) is 4.26. The summed E-state index contributed by atoms with van der Waals surface area (Å²) in [5, 5.41) is 7.42. The first kappa shape index (κ1) is 13.7. The summed E-state index contributed by atoms with van der Waals surface area (Å²) in [7, 11) is 0. The molecule has 4 heteroatoms. The molecule has 2 atom stereocenters. The molecule has 0 spiro atoms. The molecular weight excluding hydrogens is 218 g/mol. The van der Waals surface area contributed by atoms with E-state index in [9.17, 15) is 0 Å². The second kappa shape index (κ2) is 7.07. The first-order valence-electron chi connectivity index (χ1n) is 6.45. The predicted octanol–water partition coefficient (Wildman–Crippen LogP) is 1.73. The van der Waals surface area contributed by atoms with Crippen molar-refractivity contribution in [3.63, 3.8) is 0 Å². The van der Waals surface area contributed by atoms with Gasteiger partial charge in [-0.25, -0.2) is 0 Å². The van der Waals surface area contributed by atoms with Crippen molar-refractivity contribution >= 4 is 17.3 Å². The van der Waals surface area contributed by atoms with Crippen LogP contribution in [0.5, 0.6) is 0 Å². The minimum absolute atomic E-state index is 0.464. The van der Waals surface area contributed by atoms with Crippen LogP contribution in [0.15, 0.2) is 0 Å². The molecule has 0 unspecified atom stereocenters. The molecule has 0 aromatic rings. The van der Waals surface area contributed by atoms with Gasteiger partial charge in [0.05, 0.1) is 0 Å². The number of nitrogens with zero attached hydrogens (tertiary/aromatic N) is 1. The topological polar surface area (TPSA) is 27.3 Å². The van der Waals surface area contributed by atoms with Crippen molar-refractivity contribution in [2.24, 2.45) is 0 Å². The second-order valence-corrected chi connectivity index (χ2v) is 5.00. The molecule has 0 saturated carbocycles. The van der Waals surface area contributed by atoms with E-state index >= 15 is 0 Å². The maximum atomic E-state index is 5.27. The zero-order valence-corrected chi connectivity index (χ0v) is 11.6. The number of likely N-dealkylation sites (N-methyl/N-ethyl adjacent to an activating group) is 1. The van der Waals surface area contributed by atoms with Crippen LogP contribution in [0.25, 0.3) is 0 Å². The number of hydrogen-bond donors (Lipinski definition) is 2. The number of thiocarbonyl (C=S) groups is 1. The Bertz CT molecular complexity index is 220. The van der Waals surface area contributed by atoms with Gasteiger partial charge in [-0.2, -0.15) is 0 Å². The average Bonchev–Trinajstić information content (AvgIpc) is 2.73. The highest BCUT2D eigenvalue weighted by Gasteiger charge is 2.22. The van der Waals surface area contributed by atoms with Crippen LogP contribution in [0.1, 0.15) is 40.0 Å². The van der Waals surface area contributed by atoms with Gasteiger partial charge in [0, 0.05) is 18.6 Å². The third-order valence-electron chi connectivity index (χ3n) is 3.39. The molecule has 1 aliphatic heterocycles. The SMILES string of the molecule is CC[C@@H](C)NC(=S)NC[C@H]1CCCN1CC. The van der Waals surface area contributed by atoms with Gasteiger partial charge in [-0.1, -0.05) is 13.8 Å². The van der Waals surface area contributed by atoms with E-state index in [2.05, 4.69) is 36.3 Å². The predicted molar refractivity (Wildman–Crippen MR) is 73.8 cm³/mol. The lowest BCUT2D eigenvalue weighted by atomic mass is 10.2. The van der Waals surface area contributed by atoms with Gasteiger partial charge < -0.3 is 10.6 Å². The van der Waals surface area contributed by atoms with E-state index in [4.69, 9.17) is 12.2 Å². The number of likely N-dealkylation sites (tertiary alicyclic amines) is 1. The third-order valence-corrected chi connectivity index (χ3v) is 3.66. The van der Waals surface area contributed by atoms with Crippen molar-refractivity contribution in [3.05, 3.63) is 0 Å². The van der Waals surface area contributed by atoms with E-state index in [-0.39, 0.29) is 0 Å². The van der Waals surface area contributed by atoms with Crippen LogP contribution in [-0.4, -0.2) is 41.7 Å². The monoisotopic (exact) mass is 243 g/mol.